The van der Waals surface area contributed by atoms with Crippen molar-refractivity contribution in [3.8, 4) is 0 Å². The van der Waals surface area contributed by atoms with E-state index in [4.69, 9.17) is 0 Å². The van der Waals surface area contributed by atoms with Crippen LogP contribution in [0, 0.1) is 0 Å². The summed E-state index contributed by atoms with van der Waals surface area (Å²) in [6.45, 7) is 0. The molecular weight excluding hydrogens is 256 g/mol. The molecule has 4 rings (SSSR count). The van der Waals surface area contributed by atoms with Crippen LogP contribution < -0.4 is 5.32 Å². The summed E-state index contributed by atoms with van der Waals surface area (Å²) in [5, 5.41) is 5.91. The molecule has 0 bridgehead atoms. The van der Waals surface area contributed by atoms with Gasteiger partial charge in [0, 0.05) is 5.39 Å². The number of rotatable bonds is 1. The lowest BCUT2D eigenvalue weighted by Crippen LogP contribution is -2.25. The fourth-order valence-corrected chi connectivity index (χ4v) is 3.48. The third kappa shape index (κ3) is 1.75. The van der Waals surface area contributed by atoms with Gasteiger partial charge in [0.15, 0.2) is 5.17 Å². The molecule has 1 spiro atoms. The van der Waals surface area contributed by atoms with Crippen LogP contribution in [0.15, 0.2) is 47.5 Å². The van der Waals surface area contributed by atoms with Gasteiger partial charge in [-0.25, -0.2) is 4.99 Å². The number of carbonyl (C=O) groups excluding carboxylic acids is 1. The van der Waals surface area contributed by atoms with Crippen LogP contribution in [-0.4, -0.2) is 15.8 Å². The van der Waals surface area contributed by atoms with Crippen molar-refractivity contribution in [2.45, 2.75) is 17.6 Å². The first-order valence-electron chi connectivity index (χ1n) is 6.34. The summed E-state index contributed by atoms with van der Waals surface area (Å²) in [5.74, 6) is 0.122. The van der Waals surface area contributed by atoms with E-state index in [0.717, 1.165) is 29.1 Å². The maximum atomic E-state index is 11.8. The minimum absolute atomic E-state index is 0.122. The molecule has 0 aromatic heterocycles. The Hall–Kier alpha value is -1.81. The molecule has 0 atom stereocenters. The Bertz CT molecular complexity index is 714. The molecule has 19 heavy (non-hydrogen) atoms. The lowest BCUT2D eigenvalue weighted by atomic mass is 10.1. The number of aliphatic imine (C=N–C) groups is 1. The second kappa shape index (κ2) is 3.84. The first-order chi connectivity index (χ1) is 9.27. The first-order valence-corrected chi connectivity index (χ1v) is 7.15. The molecule has 1 aliphatic heterocycles. The van der Waals surface area contributed by atoms with Crippen molar-refractivity contribution in [3.05, 3.63) is 42.5 Å². The van der Waals surface area contributed by atoms with Crippen molar-refractivity contribution in [3.63, 3.8) is 0 Å². The summed E-state index contributed by atoms with van der Waals surface area (Å²) in [6, 6.07) is 14.2. The van der Waals surface area contributed by atoms with E-state index in [0.29, 0.717) is 0 Å². The highest BCUT2D eigenvalue weighted by atomic mass is 32.2. The van der Waals surface area contributed by atoms with Crippen molar-refractivity contribution < 1.29 is 4.79 Å². The second-order valence-electron chi connectivity index (χ2n) is 4.97. The van der Waals surface area contributed by atoms with Gasteiger partial charge in [-0.3, -0.25) is 4.79 Å². The molecule has 1 aliphatic carbocycles. The Kier molecular flexibility index (Phi) is 2.23. The van der Waals surface area contributed by atoms with E-state index >= 15 is 0 Å². The van der Waals surface area contributed by atoms with E-state index in [2.05, 4.69) is 28.5 Å². The molecule has 1 amide bonds. The van der Waals surface area contributed by atoms with Gasteiger partial charge in [-0.05, 0) is 24.3 Å². The van der Waals surface area contributed by atoms with Gasteiger partial charge < -0.3 is 5.32 Å². The fraction of sp³-hybridized carbons (Fsp3) is 0.200. The van der Waals surface area contributed by atoms with Crippen LogP contribution in [0.4, 0.5) is 5.69 Å². The predicted octanol–water partition coefficient (Wildman–Crippen LogP) is 3.22. The van der Waals surface area contributed by atoms with Crippen molar-refractivity contribution in [2.24, 2.45) is 4.99 Å². The third-order valence-electron chi connectivity index (χ3n) is 3.62. The normalized spacial score (nSPS) is 22.1. The van der Waals surface area contributed by atoms with Gasteiger partial charge in [-0.15, -0.1) is 0 Å². The molecule has 2 fully saturated rings. The zero-order valence-corrected chi connectivity index (χ0v) is 11.0. The van der Waals surface area contributed by atoms with Crippen LogP contribution in [0.25, 0.3) is 10.8 Å². The van der Waals surface area contributed by atoms with Gasteiger partial charge in [-0.2, -0.15) is 0 Å². The van der Waals surface area contributed by atoms with Crippen LogP contribution >= 0.6 is 11.8 Å². The maximum absolute atomic E-state index is 11.8. The monoisotopic (exact) mass is 268 g/mol. The molecular formula is C15H12N2OS. The van der Waals surface area contributed by atoms with E-state index in [1.165, 1.54) is 5.39 Å². The molecule has 1 heterocycles. The van der Waals surface area contributed by atoms with E-state index in [-0.39, 0.29) is 10.7 Å². The van der Waals surface area contributed by atoms with Crippen LogP contribution in [0.2, 0.25) is 0 Å². The van der Waals surface area contributed by atoms with E-state index in [1.807, 2.05) is 24.3 Å². The van der Waals surface area contributed by atoms with E-state index in [1.54, 1.807) is 11.8 Å². The van der Waals surface area contributed by atoms with Crippen molar-refractivity contribution in [1.82, 2.24) is 5.32 Å². The lowest BCUT2D eigenvalue weighted by Gasteiger charge is -2.02. The molecule has 1 saturated heterocycles. The topological polar surface area (TPSA) is 41.5 Å². The minimum atomic E-state index is -0.191. The summed E-state index contributed by atoms with van der Waals surface area (Å²) in [4.78, 5) is 16.4. The van der Waals surface area contributed by atoms with Gasteiger partial charge in [0.25, 0.3) is 0 Å². The molecule has 1 N–H and O–H groups in total. The summed E-state index contributed by atoms with van der Waals surface area (Å²) >= 11 is 1.58. The number of benzene rings is 2. The van der Waals surface area contributed by atoms with Crippen molar-refractivity contribution >= 4 is 39.3 Å². The standard InChI is InChI=1S/C15H12N2OS/c18-13-15(8-9-15)19-14(17-13)16-12-7-3-5-10-4-1-2-6-11(10)12/h1-7H,8-9H2,(H,16,17,18). The van der Waals surface area contributed by atoms with Crippen molar-refractivity contribution in [1.29, 1.82) is 0 Å². The molecule has 1 saturated carbocycles. The Balaban J connectivity index is 1.78. The summed E-state index contributed by atoms with van der Waals surface area (Å²) in [5.41, 5.74) is 0.915. The maximum Gasteiger partial charge on any atom is 0.242 e. The molecule has 0 unspecified atom stereocenters. The van der Waals surface area contributed by atoms with E-state index in [9.17, 15) is 4.79 Å². The Morgan fingerprint density at radius 3 is 2.68 bits per heavy atom. The molecule has 94 valence electrons. The number of amides is 1. The van der Waals surface area contributed by atoms with Gasteiger partial charge in [-0.1, -0.05) is 48.2 Å². The average molecular weight is 268 g/mol. The number of nitrogens with one attached hydrogen (secondary N) is 1. The number of hydrogen-bond donors (Lipinski definition) is 1. The highest BCUT2D eigenvalue weighted by Crippen LogP contribution is 2.52. The van der Waals surface area contributed by atoms with Crippen molar-refractivity contribution in [2.75, 3.05) is 0 Å². The SMILES string of the molecule is O=C1NC(=Nc2cccc3ccccc23)SC12CC2. The highest BCUT2D eigenvalue weighted by molar-refractivity contribution is 8.16. The fourth-order valence-electron chi connectivity index (χ4n) is 2.38. The van der Waals surface area contributed by atoms with Crippen LogP contribution in [0.1, 0.15) is 12.8 Å². The number of nitrogens with zero attached hydrogens (tertiary/aromatic N) is 1. The summed E-state index contributed by atoms with van der Waals surface area (Å²) in [6.07, 6.45) is 1.94. The zero-order valence-electron chi connectivity index (χ0n) is 10.2. The molecule has 2 aromatic rings. The van der Waals surface area contributed by atoms with Crippen LogP contribution in [0.5, 0.6) is 0 Å². The number of carbonyl (C=O) groups is 1. The number of fused-ring (bicyclic) bond motifs is 1. The van der Waals surface area contributed by atoms with Gasteiger partial charge in [0.1, 0.15) is 4.75 Å². The number of amidine groups is 1. The van der Waals surface area contributed by atoms with Crippen LogP contribution in [0.3, 0.4) is 0 Å². The molecule has 2 aromatic carbocycles. The Labute approximate surface area is 115 Å². The van der Waals surface area contributed by atoms with E-state index < -0.39 is 0 Å². The molecule has 4 heteroatoms. The largest absolute Gasteiger partial charge is 0.304 e. The summed E-state index contributed by atoms with van der Waals surface area (Å²) < 4.78 is -0.191. The second-order valence-corrected chi connectivity index (χ2v) is 6.34. The Morgan fingerprint density at radius 1 is 1.11 bits per heavy atom. The quantitative estimate of drug-likeness (QED) is 0.862. The third-order valence-corrected chi connectivity index (χ3v) is 4.99. The van der Waals surface area contributed by atoms with Gasteiger partial charge >= 0.3 is 0 Å². The average Bonchev–Trinajstić information content (AvgIpc) is 3.13. The number of thioether (sulfide) groups is 1. The molecule has 0 radical (unpaired) electrons. The zero-order chi connectivity index (χ0) is 12.9. The highest BCUT2D eigenvalue weighted by Gasteiger charge is 2.56. The van der Waals surface area contributed by atoms with Gasteiger partial charge in [0.2, 0.25) is 5.91 Å². The lowest BCUT2D eigenvalue weighted by molar-refractivity contribution is -0.119. The van der Waals surface area contributed by atoms with Gasteiger partial charge in [0.05, 0.1) is 5.69 Å². The molecule has 3 nitrogen and oxygen atoms in total. The Morgan fingerprint density at radius 2 is 1.89 bits per heavy atom. The first kappa shape index (κ1) is 11.1. The smallest absolute Gasteiger partial charge is 0.242 e. The summed E-state index contributed by atoms with van der Waals surface area (Å²) in [7, 11) is 0. The minimum Gasteiger partial charge on any atom is -0.304 e. The molecule has 2 aliphatic rings. The van der Waals surface area contributed by atoms with Crippen LogP contribution in [-0.2, 0) is 4.79 Å². The predicted molar refractivity (Wildman–Crippen MR) is 78.7 cm³/mol. The number of hydrogen-bond acceptors (Lipinski definition) is 3.